The number of hydrogen-bond acceptors (Lipinski definition) is 2. The largest absolute Gasteiger partial charge is 0.198 e. The summed E-state index contributed by atoms with van der Waals surface area (Å²) < 4.78 is 0. The van der Waals surface area contributed by atoms with Gasteiger partial charge in [0.1, 0.15) is 7.85 Å². The summed E-state index contributed by atoms with van der Waals surface area (Å²) in [6.45, 7) is 3.76. The van der Waals surface area contributed by atoms with E-state index in [-0.39, 0.29) is 11.3 Å². The van der Waals surface area contributed by atoms with Crippen LogP contribution in [0.2, 0.25) is 6.32 Å². The third-order valence-electron chi connectivity index (χ3n) is 2.03. The van der Waals surface area contributed by atoms with Crippen LogP contribution in [0.5, 0.6) is 0 Å². The third-order valence-corrected chi connectivity index (χ3v) is 2.03. The topological polar surface area (TPSA) is 47.6 Å². The molecule has 0 radical (unpaired) electrons. The summed E-state index contributed by atoms with van der Waals surface area (Å²) in [5, 5.41) is 17.3. The minimum Gasteiger partial charge on any atom is -0.198 e. The van der Waals surface area contributed by atoms with E-state index in [9.17, 15) is 0 Å². The van der Waals surface area contributed by atoms with Crippen molar-refractivity contribution in [3.05, 3.63) is 0 Å². The monoisotopic (exact) mass is 148 g/mol. The molecule has 0 N–H and O–H groups in total. The maximum atomic E-state index is 8.77. The van der Waals surface area contributed by atoms with Crippen molar-refractivity contribution in [2.75, 3.05) is 0 Å². The predicted molar refractivity (Wildman–Crippen MR) is 46.5 cm³/mol. The summed E-state index contributed by atoms with van der Waals surface area (Å²) in [6, 6.07) is 4.38. The second-order valence-electron chi connectivity index (χ2n) is 3.26. The fraction of sp³-hybridized carbons (Fsp3) is 0.750. The van der Waals surface area contributed by atoms with Gasteiger partial charge in [-0.3, -0.25) is 0 Å². The van der Waals surface area contributed by atoms with Gasteiger partial charge in [0.05, 0.1) is 12.1 Å². The molecule has 0 bridgehead atoms. The lowest BCUT2D eigenvalue weighted by Crippen LogP contribution is -2.16. The van der Waals surface area contributed by atoms with Gasteiger partial charge in [0, 0.05) is 11.3 Å². The van der Waals surface area contributed by atoms with E-state index in [2.05, 4.69) is 12.1 Å². The zero-order valence-electron chi connectivity index (χ0n) is 7.39. The van der Waals surface area contributed by atoms with Gasteiger partial charge < -0.3 is 0 Å². The highest BCUT2D eigenvalue weighted by Crippen LogP contribution is 2.27. The second kappa shape index (κ2) is 4.03. The predicted octanol–water partition coefficient (Wildman–Crippen LogP) is 1.12. The molecule has 2 unspecified atom stereocenters. The van der Waals surface area contributed by atoms with Gasteiger partial charge in [0.2, 0.25) is 0 Å². The SMILES string of the molecule is BCC(C)(C#N)CC(C)C#N. The first-order chi connectivity index (χ1) is 5.08. The molecule has 0 heterocycles. The van der Waals surface area contributed by atoms with Crippen molar-refractivity contribution in [1.29, 1.82) is 10.5 Å². The van der Waals surface area contributed by atoms with Crippen LogP contribution in [0.3, 0.4) is 0 Å². The van der Waals surface area contributed by atoms with Gasteiger partial charge in [-0.15, -0.1) is 0 Å². The highest BCUT2D eigenvalue weighted by Gasteiger charge is 2.23. The molecule has 0 rings (SSSR count). The van der Waals surface area contributed by atoms with Gasteiger partial charge in [-0.1, -0.05) is 6.32 Å². The standard InChI is InChI=1S/C8H13BN2/c1-7(4-10)3-8(2,5-9)6-11/h7H,3,5,9H2,1-2H3. The molecule has 0 saturated heterocycles. The molecule has 0 spiro atoms. The van der Waals surface area contributed by atoms with Gasteiger partial charge in [-0.2, -0.15) is 10.5 Å². The summed E-state index contributed by atoms with van der Waals surface area (Å²) in [4.78, 5) is 0. The molecule has 0 amide bonds. The van der Waals surface area contributed by atoms with E-state index in [0.717, 1.165) is 6.32 Å². The minimum absolute atomic E-state index is 0.0143. The van der Waals surface area contributed by atoms with E-state index in [0.29, 0.717) is 6.42 Å². The van der Waals surface area contributed by atoms with Gasteiger partial charge in [-0.25, -0.2) is 0 Å². The maximum absolute atomic E-state index is 8.77. The molecule has 0 aliphatic heterocycles. The van der Waals surface area contributed by atoms with E-state index < -0.39 is 0 Å². The Balaban J connectivity index is 4.13. The number of nitriles is 2. The van der Waals surface area contributed by atoms with Crippen LogP contribution < -0.4 is 0 Å². The van der Waals surface area contributed by atoms with Crippen LogP contribution in [0.15, 0.2) is 0 Å². The summed E-state index contributed by atoms with van der Waals surface area (Å²) in [5.74, 6) is -0.0143. The highest BCUT2D eigenvalue weighted by atomic mass is 14.4. The molecule has 0 aliphatic rings. The molecule has 0 aromatic heterocycles. The van der Waals surface area contributed by atoms with Crippen molar-refractivity contribution >= 4 is 7.85 Å². The minimum atomic E-state index is -0.310. The molecule has 11 heavy (non-hydrogen) atoms. The lowest BCUT2D eigenvalue weighted by atomic mass is 9.73. The average Bonchev–Trinajstić information content (AvgIpc) is 2.04. The van der Waals surface area contributed by atoms with E-state index >= 15 is 0 Å². The van der Waals surface area contributed by atoms with Crippen molar-refractivity contribution in [1.82, 2.24) is 0 Å². The Morgan fingerprint density at radius 2 is 2.09 bits per heavy atom. The maximum Gasteiger partial charge on any atom is 0.103 e. The Bertz CT molecular complexity index is 201. The van der Waals surface area contributed by atoms with Crippen LogP contribution in [-0.2, 0) is 0 Å². The molecule has 3 heteroatoms. The van der Waals surface area contributed by atoms with Crippen LogP contribution in [0.1, 0.15) is 20.3 Å². The van der Waals surface area contributed by atoms with E-state index in [1.807, 2.05) is 21.7 Å². The van der Waals surface area contributed by atoms with Crippen molar-refractivity contribution < 1.29 is 0 Å². The summed E-state index contributed by atoms with van der Waals surface area (Å²) in [6.07, 6.45) is 1.49. The smallest absolute Gasteiger partial charge is 0.103 e. The Morgan fingerprint density at radius 1 is 1.55 bits per heavy atom. The molecule has 0 aromatic rings. The summed E-state index contributed by atoms with van der Waals surface area (Å²) in [5.41, 5.74) is -0.310. The summed E-state index contributed by atoms with van der Waals surface area (Å²) >= 11 is 0. The number of nitrogens with zero attached hydrogens (tertiary/aromatic N) is 2. The van der Waals surface area contributed by atoms with E-state index in [4.69, 9.17) is 10.5 Å². The van der Waals surface area contributed by atoms with Gasteiger partial charge in [0.15, 0.2) is 0 Å². The zero-order chi connectivity index (χ0) is 8.91. The molecular formula is C8H13BN2. The van der Waals surface area contributed by atoms with Gasteiger partial charge >= 0.3 is 0 Å². The van der Waals surface area contributed by atoms with Crippen molar-refractivity contribution in [2.24, 2.45) is 11.3 Å². The quantitative estimate of drug-likeness (QED) is 0.563. The van der Waals surface area contributed by atoms with Crippen molar-refractivity contribution in [3.63, 3.8) is 0 Å². The van der Waals surface area contributed by atoms with Crippen LogP contribution in [0.25, 0.3) is 0 Å². The number of hydrogen-bond donors (Lipinski definition) is 0. The lowest BCUT2D eigenvalue weighted by molar-refractivity contribution is 0.403. The normalized spacial score (nSPS) is 17.5. The number of rotatable bonds is 3. The summed E-state index contributed by atoms with van der Waals surface area (Å²) in [7, 11) is 1.98. The van der Waals surface area contributed by atoms with Gasteiger partial charge in [0.25, 0.3) is 0 Å². The van der Waals surface area contributed by atoms with E-state index in [1.54, 1.807) is 0 Å². The molecule has 0 fully saturated rings. The lowest BCUT2D eigenvalue weighted by Gasteiger charge is -2.19. The van der Waals surface area contributed by atoms with Crippen LogP contribution in [0, 0.1) is 34.0 Å². The average molecular weight is 148 g/mol. The van der Waals surface area contributed by atoms with E-state index in [1.165, 1.54) is 0 Å². The fourth-order valence-corrected chi connectivity index (χ4v) is 0.990. The van der Waals surface area contributed by atoms with Crippen molar-refractivity contribution in [3.8, 4) is 12.1 Å². The Hall–Kier alpha value is -0.955. The first-order valence-electron chi connectivity index (χ1n) is 3.89. The van der Waals surface area contributed by atoms with Crippen LogP contribution >= 0.6 is 0 Å². The first-order valence-corrected chi connectivity index (χ1v) is 3.89. The van der Waals surface area contributed by atoms with Crippen LogP contribution in [-0.4, -0.2) is 7.85 Å². The molecule has 2 nitrogen and oxygen atoms in total. The molecule has 2 atom stereocenters. The molecular weight excluding hydrogens is 135 g/mol. The molecule has 58 valence electrons. The van der Waals surface area contributed by atoms with Crippen molar-refractivity contribution in [2.45, 2.75) is 26.6 Å². The Kier molecular flexibility index (Phi) is 3.68. The Morgan fingerprint density at radius 3 is 2.36 bits per heavy atom. The zero-order valence-corrected chi connectivity index (χ0v) is 7.39. The molecule has 0 aliphatic carbocycles. The second-order valence-corrected chi connectivity index (χ2v) is 3.26. The first kappa shape index (κ1) is 10.0. The highest BCUT2D eigenvalue weighted by molar-refractivity contribution is 6.09. The van der Waals surface area contributed by atoms with Gasteiger partial charge in [-0.05, 0) is 20.3 Å². The fourth-order valence-electron chi connectivity index (χ4n) is 0.990. The third kappa shape index (κ3) is 3.09. The molecule has 0 aromatic carbocycles. The molecule has 0 saturated carbocycles. The Labute approximate surface area is 69.2 Å². The van der Waals surface area contributed by atoms with Crippen LogP contribution in [0.4, 0.5) is 0 Å².